The second-order valence-corrected chi connectivity index (χ2v) is 7.91. The van der Waals surface area contributed by atoms with Gasteiger partial charge >= 0.3 is 0 Å². The Morgan fingerprint density at radius 2 is 1.79 bits per heavy atom. The predicted octanol–water partition coefficient (Wildman–Crippen LogP) is 5.26. The Morgan fingerprint density at radius 3 is 2.59 bits per heavy atom. The van der Waals surface area contributed by atoms with E-state index in [4.69, 9.17) is 4.74 Å². The fourth-order valence-corrected chi connectivity index (χ4v) is 4.41. The van der Waals surface area contributed by atoms with Gasteiger partial charge < -0.3 is 9.84 Å². The van der Waals surface area contributed by atoms with Gasteiger partial charge in [-0.05, 0) is 42.1 Å². The highest BCUT2D eigenvalue weighted by molar-refractivity contribution is 6.52. The standard InChI is InChI=1S/C28H22N2O4/c1-2-34-21-12-5-10-19(16-21)26(31)24-25(20-11-7-15-29-17-20)30(28(33)27(24)32)23-14-6-9-18-8-3-4-13-22(18)23/h3-17,25,31H,2H2,1H3/b26-24+. The van der Waals surface area contributed by atoms with Crippen molar-refractivity contribution in [3.05, 3.63) is 108 Å². The molecular formula is C28H22N2O4. The average Bonchev–Trinajstić information content (AvgIpc) is 3.14. The van der Waals surface area contributed by atoms with Gasteiger partial charge in [0.05, 0.1) is 23.9 Å². The van der Waals surface area contributed by atoms with Crippen LogP contribution in [0.5, 0.6) is 5.75 Å². The first-order valence-corrected chi connectivity index (χ1v) is 11.0. The van der Waals surface area contributed by atoms with Gasteiger partial charge in [-0.3, -0.25) is 19.5 Å². The van der Waals surface area contributed by atoms with Crippen molar-refractivity contribution in [1.82, 2.24) is 4.98 Å². The molecule has 6 nitrogen and oxygen atoms in total. The molecule has 1 amide bonds. The molecule has 1 N–H and O–H groups in total. The lowest BCUT2D eigenvalue weighted by Gasteiger charge is -2.26. The number of amides is 1. The van der Waals surface area contributed by atoms with Crippen LogP contribution < -0.4 is 9.64 Å². The van der Waals surface area contributed by atoms with Crippen LogP contribution in [0.1, 0.15) is 24.1 Å². The van der Waals surface area contributed by atoms with E-state index in [2.05, 4.69) is 4.98 Å². The Labute approximate surface area is 196 Å². The smallest absolute Gasteiger partial charge is 0.300 e. The van der Waals surface area contributed by atoms with Gasteiger partial charge in [0.25, 0.3) is 11.7 Å². The molecule has 0 spiro atoms. The van der Waals surface area contributed by atoms with E-state index in [1.165, 1.54) is 4.90 Å². The summed E-state index contributed by atoms with van der Waals surface area (Å²) in [5.41, 5.74) is 1.63. The van der Waals surface area contributed by atoms with Crippen molar-refractivity contribution in [3.8, 4) is 5.75 Å². The van der Waals surface area contributed by atoms with Crippen LogP contribution >= 0.6 is 0 Å². The minimum atomic E-state index is -0.838. The van der Waals surface area contributed by atoms with Crippen molar-refractivity contribution < 1.29 is 19.4 Å². The van der Waals surface area contributed by atoms with Crippen LogP contribution in [0.2, 0.25) is 0 Å². The first-order valence-electron chi connectivity index (χ1n) is 11.0. The van der Waals surface area contributed by atoms with E-state index >= 15 is 0 Å². The van der Waals surface area contributed by atoms with Crippen molar-refractivity contribution in [2.24, 2.45) is 0 Å². The molecule has 1 unspecified atom stereocenters. The predicted molar refractivity (Wildman–Crippen MR) is 131 cm³/mol. The van der Waals surface area contributed by atoms with Crippen LogP contribution in [0.25, 0.3) is 16.5 Å². The molecule has 0 radical (unpaired) electrons. The SMILES string of the molecule is CCOc1cccc(/C(O)=C2\C(=O)C(=O)N(c3cccc4ccccc34)C2c2cccnc2)c1. The largest absolute Gasteiger partial charge is 0.507 e. The van der Waals surface area contributed by atoms with E-state index in [0.29, 0.717) is 29.2 Å². The number of ether oxygens (including phenoxy) is 1. The number of fused-ring (bicyclic) bond motifs is 1. The first kappa shape index (κ1) is 21.4. The lowest BCUT2D eigenvalue weighted by molar-refractivity contribution is -0.132. The summed E-state index contributed by atoms with van der Waals surface area (Å²) in [6, 6.07) is 22.8. The van der Waals surface area contributed by atoms with Crippen molar-refractivity contribution in [2.75, 3.05) is 11.5 Å². The fourth-order valence-electron chi connectivity index (χ4n) is 4.41. The molecule has 5 rings (SSSR count). The molecule has 168 valence electrons. The van der Waals surface area contributed by atoms with E-state index in [1.54, 1.807) is 48.8 Å². The van der Waals surface area contributed by atoms with Crippen LogP contribution in [0.15, 0.2) is 96.8 Å². The minimum Gasteiger partial charge on any atom is -0.507 e. The number of ketones is 1. The molecular weight excluding hydrogens is 428 g/mol. The number of Topliss-reactive ketones (excluding diaryl/α,β-unsaturated/α-hetero) is 1. The normalized spacial score (nSPS) is 17.3. The van der Waals surface area contributed by atoms with Crippen LogP contribution in [-0.4, -0.2) is 28.4 Å². The van der Waals surface area contributed by atoms with E-state index < -0.39 is 17.7 Å². The monoisotopic (exact) mass is 450 g/mol. The Bertz CT molecular complexity index is 1420. The molecule has 0 bridgehead atoms. The Balaban J connectivity index is 1.74. The van der Waals surface area contributed by atoms with Crippen molar-refractivity contribution in [2.45, 2.75) is 13.0 Å². The molecule has 1 aromatic heterocycles. The topological polar surface area (TPSA) is 79.7 Å². The van der Waals surface area contributed by atoms with Gasteiger partial charge in [0.15, 0.2) is 0 Å². The van der Waals surface area contributed by atoms with Gasteiger partial charge in [0.1, 0.15) is 11.5 Å². The summed E-state index contributed by atoms with van der Waals surface area (Å²) in [5, 5.41) is 13.1. The van der Waals surface area contributed by atoms with Crippen LogP contribution in [0.4, 0.5) is 5.69 Å². The highest BCUT2D eigenvalue weighted by atomic mass is 16.5. The Morgan fingerprint density at radius 1 is 1.00 bits per heavy atom. The number of carbonyl (C=O) groups is 2. The maximum Gasteiger partial charge on any atom is 0.300 e. The van der Waals surface area contributed by atoms with Gasteiger partial charge in [-0.25, -0.2) is 0 Å². The third-order valence-corrected chi connectivity index (χ3v) is 5.89. The second-order valence-electron chi connectivity index (χ2n) is 7.91. The molecule has 6 heteroatoms. The fraction of sp³-hybridized carbons (Fsp3) is 0.107. The number of aliphatic hydroxyl groups excluding tert-OH is 1. The van der Waals surface area contributed by atoms with E-state index in [-0.39, 0.29) is 11.3 Å². The number of hydrogen-bond donors (Lipinski definition) is 1. The molecule has 3 aromatic carbocycles. The molecule has 1 aliphatic rings. The Kier molecular flexibility index (Phi) is 5.55. The number of aliphatic hydroxyl groups is 1. The number of aromatic nitrogens is 1. The summed E-state index contributed by atoms with van der Waals surface area (Å²) in [6.45, 7) is 2.33. The number of rotatable bonds is 5. The van der Waals surface area contributed by atoms with Gasteiger partial charge in [0.2, 0.25) is 0 Å². The number of hydrogen-bond acceptors (Lipinski definition) is 5. The summed E-state index contributed by atoms with van der Waals surface area (Å²) >= 11 is 0. The van der Waals surface area contributed by atoms with Crippen molar-refractivity contribution in [1.29, 1.82) is 0 Å². The quantitative estimate of drug-likeness (QED) is 0.255. The van der Waals surface area contributed by atoms with Crippen LogP contribution in [0, 0.1) is 0 Å². The van der Waals surface area contributed by atoms with Gasteiger partial charge in [-0.15, -0.1) is 0 Å². The third-order valence-electron chi connectivity index (χ3n) is 5.89. The molecule has 0 aliphatic carbocycles. The number of carbonyl (C=O) groups excluding carboxylic acids is 2. The van der Waals surface area contributed by atoms with E-state index in [1.807, 2.05) is 49.4 Å². The minimum absolute atomic E-state index is 0.0135. The zero-order chi connectivity index (χ0) is 23.7. The van der Waals surface area contributed by atoms with E-state index in [9.17, 15) is 14.7 Å². The lowest BCUT2D eigenvalue weighted by atomic mass is 9.95. The summed E-state index contributed by atoms with van der Waals surface area (Å²) in [7, 11) is 0. The Hall–Kier alpha value is -4.45. The highest BCUT2D eigenvalue weighted by Gasteiger charge is 2.47. The van der Waals surface area contributed by atoms with Crippen molar-refractivity contribution in [3.63, 3.8) is 0 Å². The molecule has 4 aromatic rings. The van der Waals surface area contributed by atoms with Gasteiger partial charge in [0, 0.05) is 23.3 Å². The zero-order valence-electron chi connectivity index (χ0n) is 18.5. The summed E-state index contributed by atoms with van der Waals surface area (Å²) in [5.74, 6) is -1.14. The maximum absolute atomic E-state index is 13.4. The summed E-state index contributed by atoms with van der Waals surface area (Å²) in [4.78, 5) is 32.5. The first-order chi connectivity index (χ1) is 16.6. The van der Waals surface area contributed by atoms with Crippen molar-refractivity contribution >= 4 is 33.9 Å². The average molecular weight is 450 g/mol. The van der Waals surface area contributed by atoms with E-state index in [0.717, 1.165) is 10.8 Å². The number of nitrogens with zero attached hydrogens (tertiary/aromatic N) is 2. The molecule has 0 saturated carbocycles. The maximum atomic E-state index is 13.4. The molecule has 1 atom stereocenters. The summed E-state index contributed by atoms with van der Waals surface area (Å²) in [6.07, 6.45) is 3.23. The lowest BCUT2D eigenvalue weighted by Crippen LogP contribution is -2.29. The van der Waals surface area contributed by atoms with Gasteiger partial charge in [-0.2, -0.15) is 0 Å². The number of pyridine rings is 1. The molecule has 1 saturated heterocycles. The second kappa shape index (κ2) is 8.83. The van der Waals surface area contributed by atoms with Crippen LogP contribution in [-0.2, 0) is 9.59 Å². The molecule has 1 fully saturated rings. The van der Waals surface area contributed by atoms with Gasteiger partial charge in [-0.1, -0.05) is 54.6 Å². The van der Waals surface area contributed by atoms with Crippen LogP contribution in [0.3, 0.4) is 0 Å². The highest BCUT2D eigenvalue weighted by Crippen LogP contribution is 2.44. The number of benzene rings is 3. The molecule has 34 heavy (non-hydrogen) atoms. The molecule has 2 heterocycles. The third kappa shape index (κ3) is 3.59. The summed E-state index contributed by atoms with van der Waals surface area (Å²) < 4.78 is 5.55. The number of anilines is 1. The zero-order valence-corrected chi connectivity index (χ0v) is 18.5. The molecule has 1 aliphatic heterocycles.